The summed E-state index contributed by atoms with van der Waals surface area (Å²) in [4.78, 5) is 32.0. The number of carbonyl (C=O) groups excluding carboxylic acids is 1. The molecule has 0 spiro atoms. The number of aliphatic carboxylic acids is 1. The minimum Gasteiger partial charge on any atom is -0.481 e. The van der Waals surface area contributed by atoms with Gasteiger partial charge < -0.3 is 10.4 Å². The third kappa shape index (κ3) is 3.97. The Labute approximate surface area is 144 Å². The summed E-state index contributed by atoms with van der Waals surface area (Å²) in [5, 5.41) is 14.7. The highest BCUT2D eigenvalue weighted by Gasteiger charge is 2.37. The highest BCUT2D eigenvalue weighted by molar-refractivity contribution is 7.13. The molecule has 0 unspecified atom stereocenters. The predicted octanol–water partition coefficient (Wildman–Crippen LogP) is 2.65. The number of rotatable bonds is 6. The summed E-state index contributed by atoms with van der Waals surface area (Å²) in [7, 11) is 0. The van der Waals surface area contributed by atoms with Gasteiger partial charge in [-0.3, -0.25) is 14.6 Å². The first-order chi connectivity index (χ1) is 11.6. The van der Waals surface area contributed by atoms with E-state index in [1.165, 1.54) is 11.3 Å². The van der Waals surface area contributed by atoms with E-state index in [0.717, 1.165) is 36.3 Å². The van der Waals surface area contributed by atoms with E-state index in [1.807, 2.05) is 17.5 Å². The van der Waals surface area contributed by atoms with Crippen LogP contribution in [0.4, 0.5) is 0 Å². The van der Waals surface area contributed by atoms with E-state index in [0.29, 0.717) is 5.69 Å². The molecule has 0 atom stereocenters. The number of hydrogen-bond acceptors (Lipinski definition) is 5. The predicted molar refractivity (Wildman–Crippen MR) is 90.6 cm³/mol. The molecule has 1 saturated carbocycles. The summed E-state index contributed by atoms with van der Waals surface area (Å²) < 4.78 is 0. The average molecular weight is 345 g/mol. The van der Waals surface area contributed by atoms with Crippen LogP contribution in [0.2, 0.25) is 0 Å². The molecule has 2 aromatic rings. The van der Waals surface area contributed by atoms with Crippen molar-refractivity contribution in [3.8, 4) is 10.6 Å². The van der Waals surface area contributed by atoms with Crippen LogP contribution in [0, 0.1) is 0 Å². The Morgan fingerprint density at radius 1 is 1.33 bits per heavy atom. The van der Waals surface area contributed by atoms with E-state index in [1.54, 1.807) is 12.4 Å². The zero-order chi connectivity index (χ0) is 17.0. The van der Waals surface area contributed by atoms with Crippen molar-refractivity contribution in [3.05, 3.63) is 35.6 Å². The van der Waals surface area contributed by atoms with Gasteiger partial charge in [-0.25, -0.2) is 4.98 Å². The largest absolute Gasteiger partial charge is 0.481 e. The smallest absolute Gasteiger partial charge is 0.305 e. The Morgan fingerprint density at radius 2 is 2.12 bits per heavy atom. The van der Waals surface area contributed by atoms with Gasteiger partial charge in [-0.15, -0.1) is 11.3 Å². The van der Waals surface area contributed by atoms with Gasteiger partial charge in [-0.05, 0) is 25.0 Å². The molecule has 0 bridgehead atoms. The molecule has 24 heavy (non-hydrogen) atoms. The SMILES string of the molecule is O=C(O)CC1(NC(=O)Cc2csc(-c3cccnc3)n2)CCCC1. The lowest BCUT2D eigenvalue weighted by Gasteiger charge is -2.28. The quantitative estimate of drug-likeness (QED) is 0.840. The van der Waals surface area contributed by atoms with Gasteiger partial charge in [0.05, 0.1) is 24.1 Å². The molecule has 1 aliphatic carbocycles. The van der Waals surface area contributed by atoms with Gasteiger partial charge in [0.25, 0.3) is 0 Å². The molecule has 3 rings (SSSR count). The molecule has 7 heteroatoms. The molecule has 2 N–H and O–H groups in total. The number of nitrogens with one attached hydrogen (secondary N) is 1. The lowest BCUT2D eigenvalue weighted by Crippen LogP contribution is -2.48. The number of thiazole rings is 1. The van der Waals surface area contributed by atoms with Crippen molar-refractivity contribution in [2.24, 2.45) is 0 Å². The first-order valence-electron chi connectivity index (χ1n) is 7.94. The van der Waals surface area contributed by atoms with Crippen LogP contribution < -0.4 is 5.32 Å². The zero-order valence-corrected chi connectivity index (χ0v) is 14.0. The molecule has 2 aromatic heterocycles. The molecule has 126 valence electrons. The maximum atomic E-state index is 12.3. The fourth-order valence-corrected chi connectivity index (χ4v) is 4.01. The lowest BCUT2D eigenvalue weighted by atomic mass is 9.93. The van der Waals surface area contributed by atoms with Crippen LogP contribution in [-0.2, 0) is 16.0 Å². The lowest BCUT2D eigenvalue weighted by molar-refractivity contribution is -0.139. The Morgan fingerprint density at radius 3 is 2.79 bits per heavy atom. The minimum atomic E-state index is -0.871. The van der Waals surface area contributed by atoms with Crippen molar-refractivity contribution in [1.82, 2.24) is 15.3 Å². The molecule has 2 heterocycles. The van der Waals surface area contributed by atoms with Gasteiger partial charge in [-0.1, -0.05) is 12.8 Å². The van der Waals surface area contributed by atoms with Crippen molar-refractivity contribution < 1.29 is 14.7 Å². The van der Waals surface area contributed by atoms with E-state index in [4.69, 9.17) is 5.11 Å². The fourth-order valence-electron chi connectivity index (χ4n) is 3.20. The summed E-state index contributed by atoms with van der Waals surface area (Å²) in [5.41, 5.74) is 1.03. The van der Waals surface area contributed by atoms with Gasteiger partial charge in [0.15, 0.2) is 0 Å². The minimum absolute atomic E-state index is 0.0171. The number of hydrogen-bond donors (Lipinski definition) is 2. The molecule has 6 nitrogen and oxygen atoms in total. The second-order valence-electron chi connectivity index (χ2n) is 6.17. The molecular formula is C17H19N3O3S. The number of nitrogens with zero attached hydrogens (tertiary/aromatic N) is 2. The Kier molecular flexibility index (Phi) is 4.89. The molecule has 0 saturated heterocycles. The Balaban J connectivity index is 1.64. The monoisotopic (exact) mass is 345 g/mol. The summed E-state index contributed by atoms with van der Waals surface area (Å²) in [6, 6.07) is 3.77. The van der Waals surface area contributed by atoms with Crippen LogP contribution in [0.25, 0.3) is 10.6 Å². The van der Waals surface area contributed by atoms with Gasteiger partial charge >= 0.3 is 5.97 Å². The number of carboxylic acid groups (broad SMARTS) is 1. The van der Waals surface area contributed by atoms with Gasteiger partial charge in [-0.2, -0.15) is 0 Å². The van der Waals surface area contributed by atoms with Crippen molar-refractivity contribution in [2.75, 3.05) is 0 Å². The van der Waals surface area contributed by atoms with Gasteiger partial charge in [0, 0.05) is 23.3 Å². The molecule has 1 aliphatic rings. The maximum absolute atomic E-state index is 12.3. The van der Waals surface area contributed by atoms with Crippen LogP contribution in [0.5, 0.6) is 0 Å². The molecule has 0 radical (unpaired) electrons. The Hall–Kier alpha value is -2.28. The van der Waals surface area contributed by atoms with Crippen LogP contribution in [0.15, 0.2) is 29.9 Å². The first kappa shape index (κ1) is 16.6. The van der Waals surface area contributed by atoms with E-state index in [-0.39, 0.29) is 18.7 Å². The number of carboxylic acids is 1. The van der Waals surface area contributed by atoms with E-state index < -0.39 is 11.5 Å². The summed E-state index contributed by atoms with van der Waals surface area (Å²) in [6.45, 7) is 0. The van der Waals surface area contributed by atoms with Crippen molar-refractivity contribution in [2.45, 2.75) is 44.1 Å². The van der Waals surface area contributed by atoms with Crippen LogP contribution >= 0.6 is 11.3 Å². The van der Waals surface area contributed by atoms with Crippen molar-refractivity contribution in [3.63, 3.8) is 0 Å². The van der Waals surface area contributed by atoms with Crippen LogP contribution in [0.3, 0.4) is 0 Å². The third-order valence-corrected chi connectivity index (χ3v) is 5.20. The summed E-state index contributed by atoms with van der Waals surface area (Å²) in [6.07, 6.45) is 6.95. The van der Waals surface area contributed by atoms with Crippen LogP contribution in [-0.4, -0.2) is 32.5 Å². The van der Waals surface area contributed by atoms with Crippen molar-refractivity contribution in [1.29, 1.82) is 0 Å². The molecule has 0 aromatic carbocycles. The van der Waals surface area contributed by atoms with E-state index in [2.05, 4.69) is 15.3 Å². The number of amides is 1. The second-order valence-corrected chi connectivity index (χ2v) is 7.03. The summed E-state index contributed by atoms with van der Waals surface area (Å²) in [5.74, 6) is -1.04. The number of carbonyl (C=O) groups is 2. The number of pyridine rings is 1. The first-order valence-corrected chi connectivity index (χ1v) is 8.82. The average Bonchev–Trinajstić information content (AvgIpc) is 3.17. The fraction of sp³-hybridized carbons (Fsp3) is 0.412. The Bertz CT molecular complexity index is 724. The molecule has 1 fully saturated rings. The topological polar surface area (TPSA) is 92.2 Å². The highest BCUT2D eigenvalue weighted by Crippen LogP contribution is 2.32. The van der Waals surface area contributed by atoms with Gasteiger partial charge in [0.2, 0.25) is 5.91 Å². The van der Waals surface area contributed by atoms with E-state index >= 15 is 0 Å². The molecule has 1 amide bonds. The second kappa shape index (κ2) is 7.09. The standard InChI is InChI=1S/C17H19N3O3S/c21-14(20-17(9-15(22)23)5-1-2-6-17)8-13-11-24-16(19-13)12-4-3-7-18-10-12/h3-4,7,10-11H,1-2,5-6,8-9H2,(H,20,21)(H,22,23). The normalized spacial score (nSPS) is 16.0. The van der Waals surface area contributed by atoms with Gasteiger partial charge in [0.1, 0.15) is 5.01 Å². The third-order valence-electron chi connectivity index (χ3n) is 4.26. The molecule has 0 aliphatic heterocycles. The maximum Gasteiger partial charge on any atom is 0.305 e. The van der Waals surface area contributed by atoms with Crippen LogP contribution in [0.1, 0.15) is 37.8 Å². The highest BCUT2D eigenvalue weighted by atomic mass is 32.1. The zero-order valence-electron chi connectivity index (χ0n) is 13.2. The number of aromatic nitrogens is 2. The van der Waals surface area contributed by atoms with Crippen molar-refractivity contribution >= 4 is 23.2 Å². The summed E-state index contributed by atoms with van der Waals surface area (Å²) >= 11 is 1.47. The molecular weight excluding hydrogens is 326 g/mol. The van der Waals surface area contributed by atoms with E-state index in [9.17, 15) is 9.59 Å².